The quantitative estimate of drug-likeness (QED) is 0.797. The number of nitrogens with zero attached hydrogens (tertiary/aromatic N) is 2. The monoisotopic (exact) mass is 216 g/mol. The van der Waals surface area contributed by atoms with Crippen molar-refractivity contribution in [2.45, 2.75) is 26.2 Å². The molecule has 16 heavy (non-hydrogen) atoms. The van der Waals surface area contributed by atoms with E-state index in [0.29, 0.717) is 0 Å². The minimum Gasteiger partial charge on any atom is -0.427 e. The summed E-state index contributed by atoms with van der Waals surface area (Å²) in [5.74, 6) is 0.737. The van der Waals surface area contributed by atoms with Gasteiger partial charge in [0.2, 0.25) is 0 Å². The first-order valence-corrected chi connectivity index (χ1v) is 5.64. The second-order valence-electron chi connectivity index (χ2n) is 3.86. The molecule has 0 saturated carbocycles. The van der Waals surface area contributed by atoms with E-state index in [-0.39, 0.29) is 0 Å². The SMILES string of the molecule is CCCCc1nc(-c2ccccc2)cn1O. The molecule has 0 atom stereocenters. The molecule has 3 heteroatoms. The molecule has 1 N–H and O–H groups in total. The van der Waals surface area contributed by atoms with Crippen molar-refractivity contribution in [3.05, 3.63) is 42.4 Å². The Balaban J connectivity index is 2.24. The zero-order chi connectivity index (χ0) is 11.4. The van der Waals surface area contributed by atoms with E-state index in [1.165, 1.54) is 0 Å². The Morgan fingerprint density at radius 1 is 1.25 bits per heavy atom. The summed E-state index contributed by atoms with van der Waals surface area (Å²) >= 11 is 0. The molecule has 0 saturated heterocycles. The van der Waals surface area contributed by atoms with Crippen molar-refractivity contribution in [3.63, 3.8) is 0 Å². The van der Waals surface area contributed by atoms with E-state index < -0.39 is 0 Å². The zero-order valence-electron chi connectivity index (χ0n) is 9.43. The normalized spacial score (nSPS) is 10.6. The summed E-state index contributed by atoms with van der Waals surface area (Å²) in [6, 6.07) is 9.89. The third kappa shape index (κ3) is 2.24. The van der Waals surface area contributed by atoms with Crippen molar-refractivity contribution < 1.29 is 5.21 Å². The Morgan fingerprint density at radius 2 is 2.00 bits per heavy atom. The van der Waals surface area contributed by atoms with Crippen molar-refractivity contribution in [1.29, 1.82) is 0 Å². The molecule has 0 amide bonds. The van der Waals surface area contributed by atoms with Crippen LogP contribution in [-0.4, -0.2) is 14.9 Å². The van der Waals surface area contributed by atoms with Crippen LogP contribution in [0.15, 0.2) is 36.5 Å². The number of benzene rings is 1. The summed E-state index contributed by atoms with van der Waals surface area (Å²) in [6.07, 6.45) is 4.64. The molecule has 1 aromatic carbocycles. The number of aryl methyl sites for hydroxylation is 1. The molecule has 0 spiro atoms. The van der Waals surface area contributed by atoms with Crippen molar-refractivity contribution in [3.8, 4) is 11.3 Å². The van der Waals surface area contributed by atoms with Crippen molar-refractivity contribution in [1.82, 2.24) is 9.71 Å². The molecule has 0 aliphatic heterocycles. The highest BCUT2D eigenvalue weighted by Crippen LogP contribution is 2.18. The Kier molecular flexibility index (Phi) is 3.25. The average molecular weight is 216 g/mol. The minimum atomic E-state index is 0.737. The Bertz CT molecular complexity index is 448. The second kappa shape index (κ2) is 4.84. The van der Waals surface area contributed by atoms with Gasteiger partial charge in [-0.15, -0.1) is 0 Å². The van der Waals surface area contributed by atoms with E-state index >= 15 is 0 Å². The average Bonchev–Trinajstić information content (AvgIpc) is 2.69. The molecule has 84 valence electrons. The summed E-state index contributed by atoms with van der Waals surface area (Å²) in [5, 5.41) is 9.67. The summed E-state index contributed by atoms with van der Waals surface area (Å²) in [6.45, 7) is 2.13. The van der Waals surface area contributed by atoms with Gasteiger partial charge in [0.05, 0.1) is 11.9 Å². The van der Waals surface area contributed by atoms with Crippen LogP contribution in [-0.2, 0) is 6.42 Å². The molecule has 0 unspecified atom stereocenters. The minimum absolute atomic E-state index is 0.737. The van der Waals surface area contributed by atoms with Crippen LogP contribution in [0.1, 0.15) is 25.6 Å². The summed E-state index contributed by atoms with van der Waals surface area (Å²) in [5.41, 5.74) is 1.86. The molecule has 2 rings (SSSR count). The van der Waals surface area contributed by atoms with Gasteiger partial charge in [-0.1, -0.05) is 43.7 Å². The van der Waals surface area contributed by atoms with Crippen LogP contribution < -0.4 is 0 Å². The number of hydrogen-bond donors (Lipinski definition) is 1. The van der Waals surface area contributed by atoms with Gasteiger partial charge in [0.25, 0.3) is 0 Å². The molecule has 3 nitrogen and oxygen atoms in total. The van der Waals surface area contributed by atoms with Crippen LogP contribution in [0, 0.1) is 0 Å². The lowest BCUT2D eigenvalue weighted by atomic mass is 10.2. The van der Waals surface area contributed by atoms with Crippen LogP contribution in [0.2, 0.25) is 0 Å². The van der Waals surface area contributed by atoms with E-state index in [9.17, 15) is 5.21 Å². The first kappa shape index (κ1) is 10.7. The molecular weight excluding hydrogens is 200 g/mol. The van der Waals surface area contributed by atoms with Crippen LogP contribution in [0.5, 0.6) is 0 Å². The van der Waals surface area contributed by atoms with E-state index in [2.05, 4.69) is 11.9 Å². The predicted octanol–water partition coefficient (Wildman–Crippen LogP) is 3.13. The highest BCUT2D eigenvalue weighted by molar-refractivity contribution is 5.58. The van der Waals surface area contributed by atoms with Gasteiger partial charge in [0.15, 0.2) is 0 Å². The van der Waals surface area contributed by atoms with Gasteiger partial charge in [0.1, 0.15) is 5.82 Å². The van der Waals surface area contributed by atoms with Crippen LogP contribution >= 0.6 is 0 Å². The number of imidazole rings is 1. The largest absolute Gasteiger partial charge is 0.427 e. The highest BCUT2D eigenvalue weighted by atomic mass is 16.5. The Hall–Kier alpha value is -1.77. The number of hydrogen-bond acceptors (Lipinski definition) is 2. The molecule has 0 aliphatic carbocycles. The molecule has 0 radical (unpaired) electrons. The number of rotatable bonds is 4. The fourth-order valence-electron chi connectivity index (χ4n) is 1.66. The van der Waals surface area contributed by atoms with Gasteiger partial charge in [-0.3, -0.25) is 0 Å². The maximum atomic E-state index is 9.67. The molecule has 1 heterocycles. The maximum Gasteiger partial charge on any atom is 0.145 e. The van der Waals surface area contributed by atoms with Crippen molar-refractivity contribution >= 4 is 0 Å². The number of unbranched alkanes of at least 4 members (excludes halogenated alkanes) is 1. The zero-order valence-corrected chi connectivity index (χ0v) is 9.43. The Labute approximate surface area is 95.3 Å². The van der Waals surface area contributed by atoms with E-state index in [1.54, 1.807) is 6.20 Å². The van der Waals surface area contributed by atoms with Gasteiger partial charge in [-0.2, -0.15) is 4.73 Å². The third-order valence-electron chi connectivity index (χ3n) is 2.58. The van der Waals surface area contributed by atoms with E-state index in [1.807, 2.05) is 30.3 Å². The second-order valence-corrected chi connectivity index (χ2v) is 3.86. The smallest absolute Gasteiger partial charge is 0.145 e. The van der Waals surface area contributed by atoms with Gasteiger partial charge < -0.3 is 5.21 Å². The summed E-state index contributed by atoms with van der Waals surface area (Å²) < 4.78 is 1.14. The fourth-order valence-corrected chi connectivity index (χ4v) is 1.66. The molecule has 0 fully saturated rings. The van der Waals surface area contributed by atoms with E-state index in [0.717, 1.165) is 41.1 Å². The fraction of sp³-hybridized carbons (Fsp3) is 0.308. The van der Waals surface area contributed by atoms with Crippen LogP contribution in [0.3, 0.4) is 0 Å². The molecule has 2 aromatic rings. The maximum absolute atomic E-state index is 9.67. The van der Waals surface area contributed by atoms with Gasteiger partial charge in [-0.05, 0) is 6.42 Å². The molecule has 0 aliphatic rings. The molecule has 1 aromatic heterocycles. The Morgan fingerprint density at radius 3 is 2.69 bits per heavy atom. The van der Waals surface area contributed by atoms with Crippen molar-refractivity contribution in [2.24, 2.45) is 0 Å². The third-order valence-corrected chi connectivity index (χ3v) is 2.58. The van der Waals surface area contributed by atoms with Gasteiger partial charge in [-0.25, -0.2) is 4.98 Å². The summed E-state index contributed by atoms with van der Waals surface area (Å²) in [4.78, 5) is 4.43. The lowest BCUT2D eigenvalue weighted by Gasteiger charge is -1.96. The molecular formula is C13H16N2O. The lowest BCUT2D eigenvalue weighted by Crippen LogP contribution is -1.97. The van der Waals surface area contributed by atoms with Gasteiger partial charge >= 0.3 is 0 Å². The summed E-state index contributed by atoms with van der Waals surface area (Å²) in [7, 11) is 0. The van der Waals surface area contributed by atoms with E-state index in [4.69, 9.17) is 0 Å². The first-order valence-electron chi connectivity index (χ1n) is 5.64. The van der Waals surface area contributed by atoms with Crippen molar-refractivity contribution in [2.75, 3.05) is 0 Å². The predicted molar refractivity (Wildman–Crippen MR) is 63.5 cm³/mol. The highest BCUT2D eigenvalue weighted by Gasteiger charge is 2.07. The molecule has 0 bridgehead atoms. The standard InChI is InChI=1S/C13H16N2O/c1-2-3-9-13-14-12(10-15(13)16)11-7-5-4-6-8-11/h4-8,10,16H,2-3,9H2,1H3. The first-order chi connectivity index (χ1) is 7.81. The number of aromatic nitrogens is 2. The van der Waals surface area contributed by atoms with Crippen LogP contribution in [0.4, 0.5) is 0 Å². The van der Waals surface area contributed by atoms with Gasteiger partial charge in [0, 0.05) is 12.0 Å². The topological polar surface area (TPSA) is 38.0 Å². The lowest BCUT2D eigenvalue weighted by molar-refractivity contribution is 0.175. The van der Waals surface area contributed by atoms with Crippen LogP contribution in [0.25, 0.3) is 11.3 Å².